The second-order valence-electron chi connectivity index (χ2n) is 4.27. The molecular weight excluding hydrogens is 228 g/mol. The molecule has 2 N–H and O–H groups in total. The lowest BCUT2D eigenvalue weighted by molar-refractivity contribution is -0.134. The summed E-state index contributed by atoms with van der Waals surface area (Å²) in [6.45, 7) is 5.17. The maximum absolute atomic E-state index is 9.81. The minimum absolute atomic E-state index is 0.482. The average Bonchev–Trinajstić information content (AvgIpc) is 2.14. The number of aliphatic hydroxyl groups is 1. The molecule has 0 saturated carbocycles. The Balaban J connectivity index is 0. The highest BCUT2D eigenvalue weighted by Gasteiger charge is 2.18. The van der Waals surface area contributed by atoms with E-state index in [0.29, 0.717) is 5.88 Å². The van der Waals surface area contributed by atoms with Crippen LogP contribution in [0.5, 0.6) is 0 Å². The van der Waals surface area contributed by atoms with Crippen LogP contribution in [0.2, 0.25) is 0 Å². The van der Waals surface area contributed by atoms with Crippen LogP contribution >= 0.6 is 11.6 Å². The lowest BCUT2D eigenvalue weighted by Crippen LogP contribution is -2.23. The molecule has 0 aromatic heterocycles. The summed E-state index contributed by atoms with van der Waals surface area (Å²) in [5, 5.41) is 17.2. The Morgan fingerprint density at radius 1 is 1.25 bits per heavy atom. The second kappa shape index (κ2) is 11.2. The molecule has 16 heavy (non-hydrogen) atoms. The fourth-order valence-electron chi connectivity index (χ4n) is 1.33. The standard InChI is InChI=1S/C10H21ClO.C2H4O2/c1-3-4-5-7-10(2,12)8-6-9-11;1-2(3)4/h12H,3-9H2,1-2H3;1H3,(H,3,4). The highest BCUT2D eigenvalue weighted by Crippen LogP contribution is 2.20. The molecule has 0 aromatic carbocycles. The molecule has 98 valence electrons. The number of rotatable bonds is 7. The van der Waals surface area contributed by atoms with Crippen molar-refractivity contribution in [1.29, 1.82) is 0 Å². The molecule has 0 saturated heterocycles. The monoisotopic (exact) mass is 252 g/mol. The van der Waals surface area contributed by atoms with Gasteiger partial charge in [0.2, 0.25) is 0 Å². The first kappa shape index (κ1) is 18.1. The largest absolute Gasteiger partial charge is 0.481 e. The molecule has 0 rings (SSSR count). The van der Waals surface area contributed by atoms with Crippen LogP contribution in [-0.4, -0.2) is 27.7 Å². The molecule has 0 aliphatic heterocycles. The van der Waals surface area contributed by atoms with E-state index in [4.69, 9.17) is 21.5 Å². The molecular formula is C12H25ClO3. The average molecular weight is 253 g/mol. The lowest BCUT2D eigenvalue weighted by atomic mass is 9.94. The number of hydrogen-bond donors (Lipinski definition) is 2. The zero-order valence-corrected chi connectivity index (χ0v) is 11.4. The van der Waals surface area contributed by atoms with Crippen molar-refractivity contribution in [2.24, 2.45) is 0 Å². The molecule has 1 unspecified atom stereocenters. The topological polar surface area (TPSA) is 57.5 Å². The zero-order chi connectivity index (χ0) is 13.0. The third kappa shape index (κ3) is 19.3. The molecule has 0 bridgehead atoms. The zero-order valence-electron chi connectivity index (χ0n) is 10.6. The fourth-order valence-corrected chi connectivity index (χ4v) is 1.46. The summed E-state index contributed by atoms with van der Waals surface area (Å²) < 4.78 is 0. The van der Waals surface area contributed by atoms with Crippen LogP contribution in [0.25, 0.3) is 0 Å². The van der Waals surface area contributed by atoms with Gasteiger partial charge in [0.1, 0.15) is 0 Å². The van der Waals surface area contributed by atoms with E-state index >= 15 is 0 Å². The minimum atomic E-state index is -0.833. The van der Waals surface area contributed by atoms with Gasteiger partial charge < -0.3 is 10.2 Å². The minimum Gasteiger partial charge on any atom is -0.481 e. The third-order valence-electron chi connectivity index (χ3n) is 2.17. The number of hydrogen-bond acceptors (Lipinski definition) is 2. The SMILES string of the molecule is CC(=O)O.CCCCCC(C)(O)CCCCl. The molecule has 0 radical (unpaired) electrons. The van der Waals surface area contributed by atoms with Crippen LogP contribution in [0, 0.1) is 0 Å². The van der Waals surface area contributed by atoms with E-state index in [9.17, 15) is 5.11 Å². The molecule has 3 nitrogen and oxygen atoms in total. The van der Waals surface area contributed by atoms with Crippen molar-refractivity contribution < 1.29 is 15.0 Å². The van der Waals surface area contributed by atoms with E-state index < -0.39 is 11.6 Å². The van der Waals surface area contributed by atoms with Gasteiger partial charge in [-0.25, -0.2) is 0 Å². The smallest absolute Gasteiger partial charge is 0.300 e. The maximum Gasteiger partial charge on any atom is 0.300 e. The summed E-state index contributed by atoms with van der Waals surface area (Å²) in [5.74, 6) is -0.177. The van der Waals surface area contributed by atoms with Crippen molar-refractivity contribution in [2.75, 3.05) is 5.88 Å². The Hall–Kier alpha value is -0.280. The van der Waals surface area contributed by atoms with E-state index in [1.807, 2.05) is 6.92 Å². The summed E-state index contributed by atoms with van der Waals surface area (Å²) in [6, 6.07) is 0. The van der Waals surface area contributed by atoms with E-state index in [1.54, 1.807) is 0 Å². The van der Waals surface area contributed by atoms with Crippen molar-refractivity contribution in [1.82, 2.24) is 0 Å². The summed E-state index contributed by atoms with van der Waals surface area (Å²) >= 11 is 5.56. The van der Waals surface area contributed by atoms with Gasteiger partial charge in [-0.15, -0.1) is 11.6 Å². The van der Waals surface area contributed by atoms with Crippen molar-refractivity contribution in [3.05, 3.63) is 0 Å². The Kier molecular flexibility index (Phi) is 12.7. The number of unbranched alkanes of at least 4 members (excludes halogenated alkanes) is 2. The van der Waals surface area contributed by atoms with Gasteiger partial charge in [0.25, 0.3) is 5.97 Å². The highest BCUT2D eigenvalue weighted by atomic mass is 35.5. The molecule has 0 aliphatic rings. The van der Waals surface area contributed by atoms with Gasteiger partial charge in [0.15, 0.2) is 0 Å². The first-order chi connectivity index (χ1) is 7.35. The Bertz CT molecular complexity index is 166. The van der Waals surface area contributed by atoms with Crippen LogP contribution in [-0.2, 0) is 4.79 Å². The first-order valence-electron chi connectivity index (χ1n) is 5.83. The summed E-state index contributed by atoms with van der Waals surface area (Å²) in [6.07, 6.45) is 6.23. The highest BCUT2D eigenvalue weighted by molar-refractivity contribution is 6.17. The van der Waals surface area contributed by atoms with E-state index in [2.05, 4.69) is 6.92 Å². The maximum atomic E-state index is 9.81. The fraction of sp³-hybridized carbons (Fsp3) is 0.917. The van der Waals surface area contributed by atoms with Gasteiger partial charge >= 0.3 is 0 Å². The van der Waals surface area contributed by atoms with Crippen molar-refractivity contribution in [3.63, 3.8) is 0 Å². The number of carboxylic acid groups (broad SMARTS) is 1. The molecule has 1 atom stereocenters. The van der Waals surface area contributed by atoms with Crippen LogP contribution in [0.15, 0.2) is 0 Å². The van der Waals surface area contributed by atoms with Crippen LogP contribution in [0.1, 0.15) is 59.3 Å². The molecule has 4 heteroatoms. The predicted molar refractivity (Wildman–Crippen MR) is 68.0 cm³/mol. The number of alkyl halides is 1. The van der Waals surface area contributed by atoms with E-state index in [-0.39, 0.29) is 0 Å². The van der Waals surface area contributed by atoms with Gasteiger partial charge in [-0.2, -0.15) is 0 Å². The van der Waals surface area contributed by atoms with Gasteiger partial charge in [0, 0.05) is 12.8 Å². The number of aliphatic carboxylic acids is 1. The Morgan fingerprint density at radius 3 is 2.06 bits per heavy atom. The van der Waals surface area contributed by atoms with Gasteiger partial charge in [-0.3, -0.25) is 4.79 Å². The van der Waals surface area contributed by atoms with Crippen molar-refractivity contribution in [2.45, 2.75) is 64.9 Å². The van der Waals surface area contributed by atoms with Crippen molar-refractivity contribution >= 4 is 17.6 Å². The van der Waals surface area contributed by atoms with Crippen LogP contribution in [0.3, 0.4) is 0 Å². The van der Waals surface area contributed by atoms with Crippen molar-refractivity contribution in [3.8, 4) is 0 Å². The summed E-state index contributed by atoms with van der Waals surface area (Å²) in [7, 11) is 0. The summed E-state index contributed by atoms with van der Waals surface area (Å²) in [4.78, 5) is 9.00. The molecule has 0 fully saturated rings. The summed E-state index contributed by atoms with van der Waals surface area (Å²) in [5.41, 5.74) is -0.482. The predicted octanol–water partition coefficient (Wildman–Crippen LogP) is 3.43. The normalized spacial score (nSPS) is 13.6. The third-order valence-corrected chi connectivity index (χ3v) is 2.44. The van der Waals surface area contributed by atoms with Crippen LogP contribution < -0.4 is 0 Å². The first-order valence-corrected chi connectivity index (χ1v) is 6.37. The number of carboxylic acids is 1. The molecule has 0 heterocycles. The molecule has 0 amide bonds. The van der Waals surface area contributed by atoms with Crippen LogP contribution in [0.4, 0.5) is 0 Å². The van der Waals surface area contributed by atoms with Gasteiger partial charge in [-0.05, 0) is 26.2 Å². The van der Waals surface area contributed by atoms with E-state index in [1.165, 1.54) is 12.8 Å². The second-order valence-corrected chi connectivity index (χ2v) is 4.64. The molecule has 0 spiro atoms. The van der Waals surface area contributed by atoms with E-state index in [0.717, 1.165) is 32.6 Å². The van der Waals surface area contributed by atoms with Gasteiger partial charge in [0.05, 0.1) is 5.60 Å². The molecule has 0 aromatic rings. The quantitative estimate of drug-likeness (QED) is 0.539. The number of halogens is 1. The molecule has 0 aliphatic carbocycles. The number of carbonyl (C=O) groups is 1. The Labute approximate surface area is 104 Å². The van der Waals surface area contributed by atoms with Gasteiger partial charge in [-0.1, -0.05) is 26.2 Å². The lowest BCUT2D eigenvalue weighted by Gasteiger charge is -2.22. The Morgan fingerprint density at radius 2 is 1.69 bits per heavy atom.